The summed E-state index contributed by atoms with van der Waals surface area (Å²) in [6, 6.07) is 19.3. The molecule has 100 valence electrons. The summed E-state index contributed by atoms with van der Waals surface area (Å²) in [5.41, 5.74) is 5.01. The summed E-state index contributed by atoms with van der Waals surface area (Å²) in [7, 11) is 0. The third-order valence-electron chi connectivity index (χ3n) is 3.71. The van der Waals surface area contributed by atoms with E-state index in [1.54, 1.807) is 0 Å². The highest BCUT2D eigenvalue weighted by Gasteiger charge is 2.05. The summed E-state index contributed by atoms with van der Waals surface area (Å²) in [6.45, 7) is 2.23. The monoisotopic (exact) mass is 261 g/mol. The van der Waals surface area contributed by atoms with Crippen LogP contribution >= 0.6 is 0 Å². The van der Waals surface area contributed by atoms with Gasteiger partial charge in [0.25, 0.3) is 0 Å². The lowest BCUT2D eigenvalue weighted by atomic mass is 9.98. The van der Waals surface area contributed by atoms with Gasteiger partial charge in [-0.2, -0.15) is 0 Å². The fraction of sp³-hybridized carbons (Fsp3) is 0.211. The maximum absolute atomic E-state index is 4.49. The Morgan fingerprint density at radius 2 is 1.80 bits per heavy atom. The van der Waals surface area contributed by atoms with Crippen LogP contribution in [0.2, 0.25) is 0 Å². The van der Waals surface area contributed by atoms with Gasteiger partial charge in [-0.15, -0.1) is 0 Å². The van der Waals surface area contributed by atoms with Crippen molar-refractivity contribution in [2.75, 3.05) is 0 Å². The Balaban J connectivity index is 2.12. The van der Waals surface area contributed by atoms with Crippen molar-refractivity contribution < 1.29 is 0 Å². The van der Waals surface area contributed by atoms with Crippen molar-refractivity contribution in [1.82, 2.24) is 4.98 Å². The lowest BCUT2D eigenvalue weighted by Crippen LogP contribution is -1.89. The van der Waals surface area contributed by atoms with Gasteiger partial charge >= 0.3 is 0 Å². The van der Waals surface area contributed by atoms with E-state index in [0.29, 0.717) is 0 Å². The summed E-state index contributed by atoms with van der Waals surface area (Å²) < 4.78 is 0. The van der Waals surface area contributed by atoms with E-state index in [-0.39, 0.29) is 0 Å². The Kier molecular flexibility index (Phi) is 3.78. The van der Waals surface area contributed by atoms with E-state index in [9.17, 15) is 0 Å². The quantitative estimate of drug-likeness (QED) is 0.625. The van der Waals surface area contributed by atoms with Crippen molar-refractivity contribution in [1.29, 1.82) is 0 Å². The fourth-order valence-electron chi connectivity index (χ4n) is 2.60. The molecule has 1 heterocycles. The van der Waals surface area contributed by atoms with Crippen molar-refractivity contribution in [3.63, 3.8) is 0 Å². The van der Waals surface area contributed by atoms with Crippen LogP contribution < -0.4 is 0 Å². The van der Waals surface area contributed by atoms with E-state index in [1.165, 1.54) is 34.9 Å². The third kappa shape index (κ3) is 2.57. The van der Waals surface area contributed by atoms with Crippen LogP contribution in [-0.4, -0.2) is 4.98 Å². The van der Waals surface area contributed by atoms with E-state index in [2.05, 4.69) is 66.5 Å². The molecule has 2 aromatic carbocycles. The van der Waals surface area contributed by atoms with Crippen LogP contribution in [-0.2, 0) is 6.42 Å². The predicted octanol–water partition coefficient (Wildman–Crippen LogP) is 5.24. The molecule has 0 fully saturated rings. The summed E-state index contributed by atoms with van der Waals surface area (Å²) in [5, 5.41) is 1.26. The maximum Gasteiger partial charge on any atom is 0.0708 e. The summed E-state index contributed by atoms with van der Waals surface area (Å²) >= 11 is 0. The molecular weight excluding hydrogens is 242 g/mol. The van der Waals surface area contributed by atoms with Gasteiger partial charge in [-0.05, 0) is 47.7 Å². The highest BCUT2D eigenvalue weighted by Crippen LogP contribution is 2.28. The number of fused-ring (bicyclic) bond motifs is 1. The van der Waals surface area contributed by atoms with Crippen LogP contribution in [0, 0.1) is 0 Å². The zero-order valence-corrected chi connectivity index (χ0v) is 11.8. The molecule has 3 rings (SSSR count). The molecule has 1 heteroatoms. The number of hydrogen-bond donors (Lipinski definition) is 0. The second-order valence-corrected chi connectivity index (χ2v) is 5.18. The Morgan fingerprint density at radius 1 is 0.950 bits per heavy atom. The molecule has 0 aliphatic heterocycles. The van der Waals surface area contributed by atoms with Gasteiger partial charge in [-0.25, -0.2) is 0 Å². The van der Waals surface area contributed by atoms with Gasteiger partial charge in [0.15, 0.2) is 0 Å². The Hall–Kier alpha value is -2.15. The average Bonchev–Trinajstić information content (AvgIpc) is 2.53. The van der Waals surface area contributed by atoms with Crippen molar-refractivity contribution in [2.24, 2.45) is 0 Å². The van der Waals surface area contributed by atoms with Crippen molar-refractivity contribution in [3.05, 3.63) is 66.4 Å². The standard InChI is InChI=1S/C19H19N/c1-2-3-7-15-10-11-19-18(14-15)17(12-13-20-19)16-8-5-4-6-9-16/h4-6,8-14H,2-3,7H2,1H3. The zero-order chi connectivity index (χ0) is 13.8. The first kappa shape index (κ1) is 12.9. The van der Waals surface area contributed by atoms with Gasteiger partial charge in [-0.1, -0.05) is 49.7 Å². The van der Waals surface area contributed by atoms with Gasteiger partial charge < -0.3 is 0 Å². The Morgan fingerprint density at radius 3 is 2.60 bits per heavy atom. The number of rotatable bonds is 4. The smallest absolute Gasteiger partial charge is 0.0708 e. The lowest BCUT2D eigenvalue weighted by molar-refractivity contribution is 0.796. The summed E-state index contributed by atoms with van der Waals surface area (Å²) in [6.07, 6.45) is 5.52. The number of benzene rings is 2. The molecule has 0 N–H and O–H groups in total. The average molecular weight is 261 g/mol. The largest absolute Gasteiger partial charge is 0.256 e. The third-order valence-corrected chi connectivity index (χ3v) is 3.71. The molecule has 0 aliphatic carbocycles. The minimum absolute atomic E-state index is 1.08. The van der Waals surface area contributed by atoms with Crippen LogP contribution in [0.3, 0.4) is 0 Å². The van der Waals surface area contributed by atoms with Crippen LogP contribution in [0.4, 0.5) is 0 Å². The van der Waals surface area contributed by atoms with Gasteiger partial charge in [0.05, 0.1) is 5.52 Å². The zero-order valence-electron chi connectivity index (χ0n) is 11.8. The van der Waals surface area contributed by atoms with E-state index >= 15 is 0 Å². The van der Waals surface area contributed by atoms with Gasteiger partial charge in [0, 0.05) is 11.6 Å². The normalized spacial score (nSPS) is 10.8. The SMILES string of the molecule is CCCCc1ccc2nccc(-c3ccccc3)c2c1. The molecule has 0 aliphatic rings. The Labute approximate surface area is 120 Å². The first-order chi connectivity index (χ1) is 9.88. The molecule has 0 unspecified atom stereocenters. The second kappa shape index (κ2) is 5.87. The van der Waals surface area contributed by atoms with Crippen molar-refractivity contribution in [2.45, 2.75) is 26.2 Å². The number of aromatic nitrogens is 1. The molecule has 1 nitrogen and oxygen atoms in total. The van der Waals surface area contributed by atoms with Crippen LogP contribution in [0.25, 0.3) is 22.0 Å². The number of nitrogens with zero attached hydrogens (tertiary/aromatic N) is 1. The van der Waals surface area contributed by atoms with Gasteiger partial charge in [0.2, 0.25) is 0 Å². The molecule has 0 radical (unpaired) electrons. The molecule has 0 saturated carbocycles. The molecule has 1 aromatic heterocycles. The first-order valence-electron chi connectivity index (χ1n) is 7.31. The fourth-order valence-corrected chi connectivity index (χ4v) is 2.60. The predicted molar refractivity (Wildman–Crippen MR) is 85.8 cm³/mol. The summed E-state index contributed by atoms with van der Waals surface area (Å²) in [5.74, 6) is 0. The molecule has 0 saturated heterocycles. The van der Waals surface area contributed by atoms with E-state index < -0.39 is 0 Å². The molecule has 20 heavy (non-hydrogen) atoms. The van der Waals surface area contributed by atoms with Crippen LogP contribution in [0.15, 0.2) is 60.8 Å². The number of hydrogen-bond acceptors (Lipinski definition) is 1. The number of unbranched alkanes of at least 4 members (excludes halogenated alkanes) is 1. The molecule has 0 spiro atoms. The van der Waals surface area contributed by atoms with E-state index in [1.807, 2.05) is 6.20 Å². The van der Waals surface area contributed by atoms with Gasteiger partial charge in [0.1, 0.15) is 0 Å². The van der Waals surface area contributed by atoms with Gasteiger partial charge in [-0.3, -0.25) is 4.98 Å². The topological polar surface area (TPSA) is 12.9 Å². The minimum Gasteiger partial charge on any atom is -0.256 e. The first-order valence-corrected chi connectivity index (χ1v) is 7.31. The number of pyridine rings is 1. The highest BCUT2D eigenvalue weighted by molar-refractivity contribution is 5.94. The van der Waals surface area contributed by atoms with Crippen molar-refractivity contribution in [3.8, 4) is 11.1 Å². The molecule has 0 amide bonds. The molecule has 3 aromatic rings. The van der Waals surface area contributed by atoms with E-state index in [0.717, 1.165) is 11.9 Å². The summed E-state index contributed by atoms with van der Waals surface area (Å²) in [4.78, 5) is 4.49. The molecular formula is C19H19N. The maximum atomic E-state index is 4.49. The highest BCUT2D eigenvalue weighted by atomic mass is 14.6. The van der Waals surface area contributed by atoms with E-state index in [4.69, 9.17) is 0 Å². The number of aryl methyl sites for hydroxylation is 1. The minimum atomic E-state index is 1.08. The van der Waals surface area contributed by atoms with Crippen molar-refractivity contribution >= 4 is 10.9 Å². The van der Waals surface area contributed by atoms with Crippen LogP contribution in [0.5, 0.6) is 0 Å². The second-order valence-electron chi connectivity index (χ2n) is 5.18. The lowest BCUT2D eigenvalue weighted by Gasteiger charge is -2.08. The van der Waals surface area contributed by atoms with Crippen LogP contribution in [0.1, 0.15) is 25.3 Å². The molecule has 0 atom stereocenters. The molecule has 0 bridgehead atoms. The Bertz CT molecular complexity index is 701.